The van der Waals surface area contributed by atoms with E-state index in [1.54, 1.807) is 0 Å². The van der Waals surface area contributed by atoms with E-state index in [9.17, 15) is 4.79 Å². The minimum atomic E-state index is 0.100. The van der Waals surface area contributed by atoms with Gasteiger partial charge < -0.3 is 10.1 Å². The molecule has 1 amide bonds. The topological polar surface area (TPSA) is 41.6 Å². The number of benzene rings is 1. The van der Waals surface area contributed by atoms with Crippen molar-refractivity contribution in [3.63, 3.8) is 0 Å². The van der Waals surface area contributed by atoms with E-state index in [0.29, 0.717) is 17.9 Å². The number of hydrogen-bond donors (Lipinski definition) is 1. The quantitative estimate of drug-likeness (QED) is 0.862. The molecule has 0 spiro atoms. The van der Waals surface area contributed by atoms with E-state index in [-0.39, 0.29) is 11.8 Å². The minimum Gasteiger partial charge on any atom is -0.381 e. The van der Waals surface area contributed by atoms with Crippen LogP contribution in [0.15, 0.2) is 30.3 Å². The van der Waals surface area contributed by atoms with Gasteiger partial charge in [0.15, 0.2) is 0 Å². The molecule has 0 bridgehead atoms. The highest BCUT2D eigenvalue weighted by Crippen LogP contribution is 2.26. The Bertz CT molecular complexity index is 542. The van der Waals surface area contributed by atoms with Crippen LogP contribution in [0.4, 0.5) is 0 Å². The highest BCUT2D eigenvalue weighted by Gasteiger charge is 2.30. The average molecular weight is 344 g/mol. The molecule has 2 fully saturated rings. The van der Waals surface area contributed by atoms with Gasteiger partial charge in [-0.05, 0) is 43.6 Å². The number of amides is 1. The van der Waals surface area contributed by atoms with Crippen molar-refractivity contribution in [1.29, 1.82) is 0 Å². The summed E-state index contributed by atoms with van der Waals surface area (Å²) < 4.78 is 5.41. The molecule has 1 aromatic carbocycles. The van der Waals surface area contributed by atoms with Gasteiger partial charge in [-0.25, -0.2) is 0 Å². The van der Waals surface area contributed by atoms with Gasteiger partial charge in [0, 0.05) is 44.8 Å². The van der Waals surface area contributed by atoms with Crippen LogP contribution in [-0.4, -0.2) is 43.2 Å². The fourth-order valence-electron chi connectivity index (χ4n) is 4.24. The molecule has 1 N–H and O–H groups in total. The fraction of sp³-hybridized carbons (Fsp3) is 0.667. The molecule has 1 aromatic rings. The second kappa shape index (κ2) is 8.81. The van der Waals surface area contributed by atoms with Gasteiger partial charge in [-0.1, -0.05) is 37.3 Å². The number of hydrogen-bond acceptors (Lipinski definition) is 3. The number of nitrogens with zero attached hydrogens (tertiary/aromatic N) is 1. The summed E-state index contributed by atoms with van der Waals surface area (Å²) in [7, 11) is 0. The molecule has 2 aliphatic heterocycles. The van der Waals surface area contributed by atoms with Crippen molar-refractivity contribution in [3.8, 4) is 0 Å². The summed E-state index contributed by atoms with van der Waals surface area (Å²) in [6.45, 7) is 8.86. The van der Waals surface area contributed by atoms with Gasteiger partial charge in [-0.3, -0.25) is 9.69 Å². The Morgan fingerprint density at radius 2 is 2.00 bits per heavy atom. The van der Waals surface area contributed by atoms with E-state index >= 15 is 0 Å². The maximum absolute atomic E-state index is 12.5. The lowest BCUT2D eigenvalue weighted by atomic mass is 9.86. The van der Waals surface area contributed by atoms with Crippen molar-refractivity contribution in [3.05, 3.63) is 35.9 Å². The molecule has 0 unspecified atom stereocenters. The number of carbonyl (C=O) groups excluding carboxylic acids is 1. The standard InChI is InChI=1S/C21H32N2O2/c1-16-12-19(15-23(16)14-18-6-4-3-5-7-18)13-22-21(24)17(2)20-8-10-25-11-9-20/h3-7,16-17,19-20H,8-15H2,1-2H3,(H,22,24)/t16-,17+,19-/m1/s1. The van der Waals surface area contributed by atoms with E-state index in [4.69, 9.17) is 4.74 Å². The zero-order valence-corrected chi connectivity index (χ0v) is 15.6. The molecular formula is C21H32N2O2. The van der Waals surface area contributed by atoms with Crippen LogP contribution in [0.25, 0.3) is 0 Å². The molecule has 4 heteroatoms. The Labute approximate surface area is 151 Å². The number of likely N-dealkylation sites (tertiary alicyclic amines) is 1. The van der Waals surface area contributed by atoms with Crippen LogP contribution >= 0.6 is 0 Å². The second-order valence-corrected chi connectivity index (χ2v) is 7.85. The number of carbonyl (C=O) groups is 1. The third-order valence-electron chi connectivity index (χ3n) is 5.97. The first-order valence-electron chi connectivity index (χ1n) is 9.77. The molecule has 2 heterocycles. The van der Waals surface area contributed by atoms with Crippen LogP contribution in [-0.2, 0) is 16.1 Å². The predicted molar refractivity (Wildman–Crippen MR) is 100 cm³/mol. The second-order valence-electron chi connectivity index (χ2n) is 7.85. The summed E-state index contributed by atoms with van der Waals surface area (Å²) in [6, 6.07) is 11.2. The number of nitrogens with one attached hydrogen (secondary N) is 1. The number of ether oxygens (including phenoxy) is 1. The third kappa shape index (κ3) is 5.05. The van der Waals surface area contributed by atoms with Crippen LogP contribution in [0.2, 0.25) is 0 Å². The summed E-state index contributed by atoms with van der Waals surface area (Å²) >= 11 is 0. The molecule has 4 nitrogen and oxygen atoms in total. The Hall–Kier alpha value is -1.39. The summed E-state index contributed by atoms with van der Waals surface area (Å²) in [4.78, 5) is 15.0. The molecular weight excluding hydrogens is 312 g/mol. The third-order valence-corrected chi connectivity index (χ3v) is 5.97. The summed E-state index contributed by atoms with van der Waals surface area (Å²) in [6.07, 6.45) is 3.19. The van der Waals surface area contributed by atoms with Gasteiger partial charge in [0.05, 0.1) is 0 Å². The number of rotatable bonds is 6. The monoisotopic (exact) mass is 344 g/mol. The van der Waals surface area contributed by atoms with E-state index in [0.717, 1.165) is 45.7 Å². The van der Waals surface area contributed by atoms with Crippen LogP contribution in [0.5, 0.6) is 0 Å². The zero-order chi connectivity index (χ0) is 17.6. The van der Waals surface area contributed by atoms with Crippen LogP contribution in [0, 0.1) is 17.8 Å². The Morgan fingerprint density at radius 3 is 2.72 bits per heavy atom. The van der Waals surface area contributed by atoms with E-state index in [1.807, 2.05) is 0 Å². The average Bonchev–Trinajstić information content (AvgIpc) is 3.00. The molecule has 0 radical (unpaired) electrons. The van der Waals surface area contributed by atoms with Gasteiger partial charge in [-0.2, -0.15) is 0 Å². The van der Waals surface area contributed by atoms with E-state index < -0.39 is 0 Å². The molecule has 3 atom stereocenters. The largest absolute Gasteiger partial charge is 0.381 e. The van der Waals surface area contributed by atoms with Gasteiger partial charge in [0.1, 0.15) is 0 Å². The first kappa shape index (κ1) is 18.4. The maximum atomic E-state index is 12.5. The van der Waals surface area contributed by atoms with Gasteiger partial charge >= 0.3 is 0 Å². The van der Waals surface area contributed by atoms with Crippen molar-refractivity contribution in [2.75, 3.05) is 26.3 Å². The molecule has 138 valence electrons. The lowest BCUT2D eigenvalue weighted by molar-refractivity contribution is -0.127. The Morgan fingerprint density at radius 1 is 1.28 bits per heavy atom. The highest BCUT2D eigenvalue weighted by atomic mass is 16.5. The van der Waals surface area contributed by atoms with Crippen LogP contribution in [0.3, 0.4) is 0 Å². The molecule has 3 rings (SSSR count). The first-order valence-corrected chi connectivity index (χ1v) is 9.77. The van der Waals surface area contributed by atoms with Crippen LogP contribution in [0.1, 0.15) is 38.7 Å². The van der Waals surface area contributed by atoms with Crippen LogP contribution < -0.4 is 5.32 Å². The lowest BCUT2D eigenvalue weighted by Crippen LogP contribution is -2.38. The first-order chi connectivity index (χ1) is 12.1. The zero-order valence-electron chi connectivity index (χ0n) is 15.6. The normalized spacial score (nSPS) is 26.5. The molecule has 2 aliphatic rings. The molecule has 0 aliphatic carbocycles. The molecule has 0 aromatic heterocycles. The van der Waals surface area contributed by atoms with Crippen molar-refractivity contribution in [2.24, 2.45) is 17.8 Å². The Balaban J connectivity index is 1.43. The van der Waals surface area contributed by atoms with Gasteiger partial charge in [-0.15, -0.1) is 0 Å². The van der Waals surface area contributed by atoms with Crippen molar-refractivity contribution >= 4 is 5.91 Å². The molecule has 0 saturated carbocycles. The highest BCUT2D eigenvalue weighted by molar-refractivity contribution is 5.78. The Kier molecular flexibility index (Phi) is 6.49. The lowest BCUT2D eigenvalue weighted by Gasteiger charge is -2.27. The SMILES string of the molecule is C[C@H](C(=O)NC[C@H]1C[C@@H](C)N(Cc2ccccc2)C1)C1CCOCC1. The molecule has 25 heavy (non-hydrogen) atoms. The van der Waals surface area contributed by atoms with Crippen molar-refractivity contribution in [1.82, 2.24) is 10.2 Å². The summed E-state index contributed by atoms with van der Waals surface area (Å²) in [5.41, 5.74) is 1.37. The smallest absolute Gasteiger partial charge is 0.223 e. The minimum absolute atomic E-state index is 0.100. The summed E-state index contributed by atoms with van der Waals surface area (Å²) in [5.74, 6) is 1.36. The van der Waals surface area contributed by atoms with Crippen molar-refractivity contribution < 1.29 is 9.53 Å². The van der Waals surface area contributed by atoms with Gasteiger partial charge in [0.25, 0.3) is 0 Å². The maximum Gasteiger partial charge on any atom is 0.223 e. The molecule has 2 saturated heterocycles. The van der Waals surface area contributed by atoms with E-state index in [2.05, 4.69) is 54.4 Å². The van der Waals surface area contributed by atoms with Gasteiger partial charge in [0.2, 0.25) is 5.91 Å². The van der Waals surface area contributed by atoms with Crippen molar-refractivity contribution in [2.45, 2.75) is 45.7 Å². The fourth-order valence-corrected chi connectivity index (χ4v) is 4.24. The summed E-state index contributed by atoms with van der Waals surface area (Å²) in [5, 5.41) is 3.22. The van der Waals surface area contributed by atoms with E-state index in [1.165, 1.54) is 12.0 Å². The predicted octanol–water partition coefficient (Wildman–Crippen LogP) is 3.08.